The van der Waals surface area contributed by atoms with E-state index in [2.05, 4.69) is 137 Å². The van der Waals surface area contributed by atoms with Crippen molar-refractivity contribution in [2.45, 2.75) is 12.3 Å². The highest BCUT2D eigenvalue weighted by atomic mass is 32.1. The van der Waals surface area contributed by atoms with Gasteiger partial charge in [-0.1, -0.05) is 103 Å². The van der Waals surface area contributed by atoms with E-state index in [1.807, 2.05) is 11.3 Å². The minimum Gasteiger partial charge on any atom is -0.614 e. The van der Waals surface area contributed by atoms with E-state index in [9.17, 15) is 0 Å². The smallest absolute Gasteiger partial charge is 0.0919 e. The molecule has 2 unspecified atom stereocenters. The molecule has 2 atom stereocenters. The van der Waals surface area contributed by atoms with Crippen LogP contribution in [0.25, 0.3) is 58.8 Å². The molecule has 0 saturated carbocycles. The molecular weight excluding hydrogens is 506 g/mol. The molecule has 1 N–H and O–H groups in total. The normalized spacial score (nSPS) is 17.1. The number of benzene rings is 6. The van der Waals surface area contributed by atoms with E-state index < -0.39 is 0 Å². The molecule has 0 radical (unpaired) electrons. The second-order valence-corrected chi connectivity index (χ2v) is 11.6. The highest BCUT2D eigenvalue weighted by Crippen LogP contribution is 2.52. The van der Waals surface area contributed by atoms with Crippen molar-refractivity contribution in [3.63, 3.8) is 0 Å². The molecule has 0 amide bonds. The van der Waals surface area contributed by atoms with Crippen molar-refractivity contribution in [2.24, 2.45) is 0 Å². The van der Waals surface area contributed by atoms with E-state index in [4.69, 9.17) is 5.32 Å². The van der Waals surface area contributed by atoms with Gasteiger partial charge in [0.15, 0.2) is 0 Å². The molecular formula is C36H24N3S-. The molecule has 0 aliphatic carbocycles. The van der Waals surface area contributed by atoms with Gasteiger partial charge in [-0.05, 0) is 74.7 Å². The number of para-hydroxylation sites is 1. The zero-order valence-corrected chi connectivity index (χ0v) is 22.4. The van der Waals surface area contributed by atoms with Gasteiger partial charge in [0, 0.05) is 26.5 Å². The van der Waals surface area contributed by atoms with Gasteiger partial charge in [-0.25, -0.2) is 0 Å². The van der Waals surface area contributed by atoms with Crippen molar-refractivity contribution in [1.29, 1.82) is 0 Å². The first-order valence-corrected chi connectivity index (χ1v) is 14.5. The average molecular weight is 531 g/mol. The van der Waals surface area contributed by atoms with Gasteiger partial charge < -0.3 is 15.2 Å². The number of anilines is 1. The third-order valence-corrected chi connectivity index (χ3v) is 9.51. The van der Waals surface area contributed by atoms with Crippen molar-refractivity contribution >= 4 is 69.8 Å². The minimum absolute atomic E-state index is 0.173. The summed E-state index contributed by atoms with van der Waals surface area (Å²) in [5.74, 6) is 0. The van der Waals surface area contributed by atoms with Crippen LogP contribution in [-0.2, 0) is 0 Å². The maximum Gasteiger partial charge on any atom is 0.0919 e. The maximum atomic E-state index is 5.65. The first-order valence-electron chi connectivity index (χ1n) is 13.7. The second kappa shape index (κ2) is 8.43. The third-order valence-electron chi connectivity index (χ3n) is 8.39. The maximum absolute atomic E-state index is 5.65. The molecule has 6 aromatic carbocycles. The number of thiophene rings is 1. The lowest BCUT2D eigenvalue weighted by Crippen LogP contribution is -2.23. The van der Waals surface area contributed by atoms with E-state index in [0.29, 0.717) is 0 Å². The van der Waals surface area contributed by atoms with E-state index in [1.54, 1.807) is 0 Å². The fourth-order valence-corrected chi connectivity index (χ4v) is 7.75. The summed E-state index contributed by atoms with van der Waals surface area (Å²) in [6, 6.07) is 46.1. The Bertz CT molecular complexity index is 2250. The van der Waals surface area contributed by atoms with Crippen molar-refractivity contribution in [1.82, 2.24) is 4.57 Å². The van der Waals surface area contributed by atoms with Crippen molar-refractivity contribution < 1.29 is 0 Å². The van der Waals surface area contributed by atoms with E-state index in [1.165, 1.54) is 69.6 Å². The Labute approximate surface area is 235 Å². The van der Waals surface area contributed by atoms with Crippen LogP contribution in [0.3, 0.4) is 0 Å². The summed E-state index contributed by atoms with van der Waals surface area (Å²) in [5.41, 5.74) is 4.89. The van der Waals surface area contributed by atoms with E-state index >= 15 is 0 Å². The zero-order chi connectivity index (χ0) is 26.2. The molecule has 0 spiro atoms. The third kappa shape index (κ3) is 3.15. The Balaban J connectivity index is 1.36. The number of fused-ring (bicyclic) bond motifs is 8. The quantitative estimate of drug-likeness (QED) is 0.237. The average Bonchev–Trinajstić information content (AvgIpc) is 3.54. The molecule has 40 heavy (non-hydrogen) atoms. The topological polar surface area (TPSA) is 31.1 Å². The molecule has 3 heterocycles. The number of aromatic nitrogens is 1. The fraction of sp³-hybridized carbons (Fsp3) is 0.0556. The molecule has 0 bridgehead atoms. The van der Waals surface area contributed by atoms with Crippen LogP contribution < -0.4 is 5.32 Å². The number of hydrogen-bond donors (Lipinski definition) is 1. The molecule has 1 aliphatic heterocycles. The standard InChI is InChI=1S/C36H24N3S/c1-2-12-24-21-31-29(20-23(24)11-1)26-15-5-7-18-30(26)39(31)35-33-28-16-6-8-19-32(28)40-36(33)38-34(37-35)27-17-9-13-22-10-3-4-14-25(22)27/h1-21,34-35,38H/q-1. The number of nitrogens with zero attached hydrogens (tertiary/aromatic N) is 2. The Hall–Kier alpha value is -4.64. The molecule has 190 valence electrons. The Kier molecular flexibility index (Phi) is 4.68. The van der Waals surface area contributed by atoms with Gasteiger partial charge in [0.2, 0.25) is 0 Å². The number of hydrogen-bond acceptors (Lipinski definition) is 2. The molecule has 1 aliphatic rings. The largest absolute Gasteiger partial charge is 0.614 e. The summed E-state index contributed by atoms with van der Waals surface area (Å²) in [5, 5.41) is 19.5. The summed E-state index contributed by atoms with van der Waals surface area (Å²) in [6.45, 7) is 0. The molecule has 4 heteroatoms. The van der Waals surface area contributed by atoms with Gasteiger partial charge >= 0.3 is 0 Å². The predicted octanol–water partition coefficient (Wildman–Crippen LogP) is 10.4. The van der Waals surface area contributed by atoms with Gasteiger partial charge in [0.1, 0.15) is 0 Å². The summed E-state index contributed by atoms with van der Waals surface area (Å²) in [4.78, 5) is 0. The van der Waals surface area contributed by atoms with Crippen molar-refractivity contribution in [3.8, 4) is 0 Å². The Morgan fingerprint density at radius 2 is 1.25 bits per heavy atom. The van der Waals surface area contributed by atoms with E-state index in [-0.39, 0.29) is 12.3 Å². The molecule has 3 nitrogen and oxygen atoms in total. The summed E-state index contributed by atoms with van der Waals surface area (Å²) < 4.78 is 3.76. The Morgan fingerprint density at radius 1 is 0.575 bits per heavy atom. The summed E-state index contributed by atoms with van der Waals surface area (Å²) in [7, 11) is 0. The van der Waals surface area contributed by atoms with Gasteiger partial charge in [-0.2, -0.15) is 0 Å². The van der Waals surface area contributed by atoms with Crippen molar-refractivity contribution in [3.05, 3.63) is 144 Å². The second-order valence-electron chi connectivity index (χ2n) is 10.6. The molecule has 0 saturated heterocycles. The first-order chi connectivity index (χ1) is 19.8. The van der Waals surface area contributed by atoms with Crippen LogP contribution in [0.4, 0.5) is 5.00 Å². The fourth-order valence-electron chi connectivity index (χ4n) is 6.60. The highest BCUT2D eigenvalue weighted by molar-refractivity contribution is 7.23. The minimum atomic E-state index is -0.181. The molecule has 0 fully saturated rings. The predicted molar refractivity (Wildman–Crippen MR) is 171 cm³/mol. The van der Waals surface area contributed by atoms with Crippen LogP contribution in [-0.4, -0.2) is 4.57 Å². The van der Waals surface area contributed by atoms with Crippen LogP contribution in [0, 0.1) is 0 Å². The van der Waals surface area contributed by atoms with Gasteiger partial charge in [0.05, 0.1) is 5.00 Å². The van der Waals surface area contributed by atoms with Crippen molar-refractivity contribution in [2.75, 3.05) is 5.32 Å². The molecule has 9 rings (SSSR count). The lowest BCUT2D eigenvalue weighted by molar-refractivity contribution is 0.653. The lowest BCUT2D eigenvalue weighted by Gasteiger charge is -2.47. The van der Waals surface area contributed by atoms with Crippen LogP contribution in [0.1, 0.15) is 23.5 Å². The number of nitrogens with one attached hydrogen (secondary N) is 1. The molecule has 2 aromatic heterocycles. The van der Waals surface area contributed by atoms with Gasteiger partial charge in [-0.15, -0.1) is 11.3 Å². The van der Waals surface area contributed by atoms with Crippen LogP contribution in [0.5, 0.6) is 0 Å². The van der Waals surface area contributed by atoms with Crippen LogP contribution >= 0.6 is 11.3 Å². The van der Waals surface area contributed by atoms with Gasteiger partial charge in [-0.3, -0.25) is 0 Å². The summed E-state index contributed by atoms with van der Waals surface area (Å²) in [6.07, 6.45) is -0.353. The SMILES string of the molecule is c1ccc2cc3c(cc2c1)c1ccccc1n3C1[N-]C(c2cccc3ccccc23)Nc2sc3ccccc3c21. The van der Waals surface area contributed by atoms with E-state index in [0.717, 1.165) is 0 Å². The zero-order valence-electron chi connectivity index (χ0n) is 21.6. The van der Waals surface area contributed by atoms with Crippen LogP contribution in [0.2, 0.25) is 0 Å². The first kappa shape index (κ1) is 22.2. The lowest BCUT2D eigenvalue weighted by atomic mass is 9.99. The molecule has 8 aromatic rings. The van der Waals surface area contributed by atoms with Crippen LogP contribution in [0.15, 0.2) is 127 Å². The highest BCUT2D eigenvalue weighted by Gasteiger charge is 2.26. The van der Waals surface area contributed by atoms with Gasteiger partial charge in [0.25, 0.3) is 0 Å². The monoisotopic (exact) mass is 530 g/mol. The summed E-state index contributed by atoms with van der Waals surface area (Å²) >= 11 is 1.83. The Morgan fingerprint density at radius 3 is 2.12 bits per heavy atom. The number of rotatable bonds is 2.